The summed E-state index contributed by atoms with van der Waals surface area (Å²) in [5, 5.41) is 3.06. The van der Waals surface area contributed by atoms with Crippen LogP contribution in [0.3, 0.4) is 0 Å². The second kappa shape index (κ2) is 6.75. The van der Waals surface area contributed by atoms with Crippen molar-refractivity contribution in [3.63, 3.8) is 0 Å². The van der Waals surface area contributed by atoms with E-state index in [1.165, 1.54) is 0 Å². The summed E-state index contributed by atoms with van der Waals surface area (Å²) in [6.45, 7) is 3.07. The maximum atomic E-state index is 10.3. The molecule has 1 N–H and O–H groups in total. The van der Waals surface area contributed by atoms with Gasteiger partial charge in [-0.05, 0) is 32.9 Å². The molecule has 1 atom stereocenters. The Morgan fingerprint density at radius 2 is 2.30 bits per heavy atom. The fourth-order valence-corrected chi connectivity index (χ4v) is 0.909. The molecule has 10 heavy (non-hydrogen) atoms. The topological polar surface area (TPSA) is 29.1 Å². The van der Waals surface area contributed by atoms with Gasteiger partial charge in [0.05, 0.1) is 0 Å². The first-order valence-corrected chi connectivity index (χ1v) is 3.95. The molecule has 0 saturated heterocycles. The van der Waals surface area contributed by atoms with Crippen molar-refractivity contribution in [1.29, 1.82) is 0 Å². The highest BCUT2D eigenvalue weighted by Crippen LogP contribution is 2.06. The van der Waals surface area contributed by atoms with Crippen molar-refractivity contribution >= 4 is 6.29 Å². The molecule has 0 aliphatic carbocycles. The minimum Gasteiger partial charge on any atom is -0.320 e. The molecule has 0 aromatic heterocycles. The lowest BCUT2D eigenvalue weighted by molar-refractivity contribution is -0.111. The Balaban J connectivity index is 3.17. The fourth-order valence-electron chi connectivity index (χ4n) is 0.909. The molecule has 0 aliphatic rings. The molecular weight excluding hydrogens is 126 g/mol. The van der Waals surface area contributed by atoms with E-state index in [4.69, 9.17) is 0 Å². The number of carbonyl (C=O) groups excluding carboxylic acids is 1. The van der Waals surface area contributed by atoms with Gasteiger partial charge in [0.2, 0.25) is 0 Å². The highest BCUT2D eigenvalue weighted by atomic mass is 16.1. The van der Waals surface area contributed by atoms with E-state index >= 15 is 0 Å². The lowest BCUT2D eigenvalue weighted by Gasteiger charge is -2.04. The van der Waals surface area contributed by atoms with E-state index in [-0.39, 0.29) is 5.92 Å². The molecule has 2 heteroatoms. The summed E-state index contributed by atoms with van der Waals surface area (Å²) < 4.78 is 0. The van der Waals surface area contributed by atoms with Gasteiger partial charge >= 0.3 is 0 Å². The van der Waals surface area contributed by atoms with Gasteiger partial charge in [-0.3, -0.25) is 0 Å². The molecule has 0 saturated carbocycles. The van der Waals surface area contributed by atoms with E-state index in [1.54, 1.807) is 0 Å². The monoisotopic (exact) mass is 143 g/mol. The molecule has 0 spiro atoms. The van der Waals surface area contributed by atoms with E-state index < -0.39 is 0 Å². The summed E-state index contributed by atoms with van der Waals surface area (Å²) in [5.74, 6) is 0.286. The van der Waals surface area contributed by atoms with Crippen molar-refractivity contribution in [3.8, 4) is 0 Å². The van der Waals surface area contributed by atoms with Gasteiger partial charge in [0, 0.05) is 5.92 Å². The molecule has 0 rings (SSSR count). The van der Waals surface area contributed by atoms with Crippen LogP contribution in [0.15, 0.2) is 0 Å². The fraction of sp³-hybridized carbons (Fsp3) is 0.875. The Morgan fingerprint density at radius 3 is 2.70 bits per heavy atom. The highest BCUT2D eigenvalue weighted by molar-refractivity contribution is 5.53. The zero-order chi connectivity index (χ0) is 7.82. The standard InChI is InChI=1S/C8H17NO/c1-3-8(7-10)5-4-6-9-2/h7-9H,3-6H2,1-2H3/t8-/m1/s1. The third-order valence-electron chi connectivity index (χ3n) is 1.72. The lowest BCUT2D eigenvalue weighted by atomic mass is 10.0. The zero-order valence-corrected chi connectivity index (χ0v) is 6.89. The highest BCUT2D eigenvalue weighted by Gasteiger charge is 2.01. The molecule has 2 nitrogen and oxygen atoms in total. The predicted octanol–water partition coefficient (Wildman–Crippen LogP) is 1.21. The van der Waals surface area contributed by atoms with Gasteiger partial charge in [-0.25, -0.2) is 0 Å². The van der Waals surface area contributed by atoms with Crippen molar-refractivity contribution in [3.05, 3.63) is 0 Å². The molecule has 0 bridgehead atoms. The van der Waals surface area contributed by atoms with Gasteiger partial charge in [-0.2, -0.15) is 0 Å². The number of hydrogen-bond acceptors (Lipinski definition) is 2. The molecule has 0 aromatic carbocycles. The quantitative estimate of drug-likeness (QED) is 0.447. The summed E-state index contributed by atoms with van der Waals surface area (Å²) in [6.07, 6.45) is 4.18. The number of nitrogens with one attached hydrogen (secondary N) is 1. The second-order valence-electron chi connectivity index (χ2n) is 2.55. The molecule has 0 radical (unpaired) electrons. The van der Waals surface area contributed by atoms with E-state index in [1.807, 2.05) is 7.05 Å². The first-order chi connectivity index (χ1) is 4.85. The average molecular weight is 143 g/mol. The molecular formula is C8H17NO. The SMILES string of the molecule is CC[C@@H](C=O)CCCNC. The normalized spacial score (nSPS) is 13.0. The molecule has 0 fully saturated rings. The van der Waals surface area contributed by atoms with Crippen LogP contribution >= 0.6 is 0 Å². The predicted molar refractivity (Wildman–Crippen MR) is 43.0 cm³/mol. The Kier molecular flexibility index (Phi) is 6.50. The van der Waals surface area contributed by atoms with Crippen molar-refractivity contribution in [2.24, 2.45) is 5.92 Å². The minimum absolute atomic E-state index is 0.286. The molecule has 60 valence electrons. The van der Waals surface area contributed by atoms with Gasteiger partial charge in [-0.15, -0.1) is 0 Å². The van der Waals surface area contributed by atoms with Crippen LogP contribution in [0.25, 0.3) is 0 Å². The summed E-state index contributed by atoms with van der Waals surface area (Å²) in [7, 11) is 1.93. The summed E-state index contributed by atoms with van der Waals surface area (Å²) >= 11 is 0. The van der Waals surface area contributed by atoms with Crippen LogP contribution in [0.4, 0.5) is 0 Å². The van der Waals surface area contributed by atoms with Crippen LogP contribution in [-0.4, -0.2) is 19.9 Å². The van der Waals surface area contributed by atoms with Crippen LogP contribution in [0.2, 0.25) is 0 Å². The maximum absolute atomic E-state index is 10.3. The van der Waals surface area contributed by atoms with E-state index in [2.05, 4.69) is 12.2 Å². The summed E-state index contributed by atoms with van der Waals surface area (Å²) in [4.78, 5) is 10.3. The van der Waals surface area contributed by atoms with Crippen molar-refractivity contribution in [2.45, 2.75) is 26.2 Å². The number of carbonyl (C=O) groups is 1. The van der Waals surface area contributed by atoms with E-state index in [0.29, 0.717) is 0 Å². The third-order valence-corrected chi connectivity index (χ3v) is 1.72. The molecule has 0 aliphatic heterocycles. The third kappa shape index (κ3) is 4.50. The first kappa shape index (κ1) is 9.63. The smallest absolute Gasteiger partial charge is 0.123 e. The Morgan fingerprint density at radius 1 is 1.60 bits per heavy atom. The zero-order valence-electron chi connectivity index (χ0n) is 6.89. The van der Waals surface area contributed by atoms with Crippen molar-refractivity contribution in [1.82, 2.24) is 5.32 Å². The molecule has 0 amide bonds. The van der Waals surface area contributed by atoms with E-state index in [0.717, 1.165) is 32.1 Å². The van der Waals surface area contributed by atoms with Gasteiger partial charge in [0.15, 0.2) is 0 Å². The Hall–Kier alpha value is -0.370. The Labute approximate surface area is 63.0 Å². The van der Waals surface area contributed by atoms with E-state index in [9.17, 15) is 4.79 Å². The number of hydrogen-bond donors (Lipinski definition) is 1. The molecule has 0 heterocycles. The van der Waals surface area contributed by atoms with Crippen LogP contribution in [-0.2, 0) is 4.79 Å². The number of rotatable bonds is 6. The average Bonchev–Trinajstić information content (AvgIpc) is 1.99. The van der Waals surface area contributed by atoms with Crippen LogP contribution in [0, 0.1) is 5.92 Å². The van der Waals surface area contributed by atoms with Gasteiger partial charge < -0.3 is 10.1 Å². The second-order valence-corrected chi connectivity index (χ2v) is 2.55. The maximum Gasteiger partial charge on any atom is 0.123 e. The van der Waals surface area contributed by atoms with Crippen LogP contribution in [0.5, 0.6) is 0 Å². The van der Waals surface area contributed by atoms with Crippen LogP contribution in [0.1, 0.15) is 26.2 Å². The van der Waals surface area contributed by atoms with Crippen molar-refractivity contribution < 1.29 is 4.79 Å². The lowest BCUT2D eigenvalue weighted by Crippen LogP contribution is -2.10. The number of aldehydes is 1. The Bertz CT molecular complexity index is 83.3. The largest absolute Gasteiger partial charge is 0.320 e. The first-order valence-electron chi connectivity index (χ1n) is 3.95. The van der Waals surface area contributed by atoms with Gasteiger partial charge in [0.25, 0.3) is 0 Å². The molecule has 0 aromatic rings. The van der Waals surface area contributed by atoms with Crippen LogP contribution < -0.4 is 5.32 Å². The van der Waals surface area contributed by atoms with Gasteiger partial charge in [0.1, 0.15) is 6.29 Å². The molecule has 0 unspecified atom stereocenters. The minimum atomic E-state index is 0.286. The van der Waals surface area contributed by atoms with Gasteiger partial charge in [-0.1, -0.05) is 6.92 Å². The summed E-state index contributed by atoms with van der Waals surface area (Å²) in [6, 6.07) is 0. The van der Waals surface area contributed by atoms with Crippen molar-refractivity contribution in [2.75, 3.05) is 13.6 Å². The summed E-state index contributed by atoms with van der Waals surface area (Å²) in [5.41, 5.74) is 0.